The van der Waals surface area contributed by atoms with Crippen LogP contribution in [0.2, 0.25) is 0 Å². The molecule has 0 bridgehead atoms. The van der Waals surface area contributed by atoms with Gasteiger partial charge in [0.05, 0.1) is 18.8 Å². The molecule has 19 heavy (non-hydrogen) atoms. The molecule has 0 radical (unpaired) electrons. The molecule has 4 heteroatoms. The van der Waals surface area contributed by atoms with Crippen LogP contribution in [0.4, 0.5) is 0 Å². The molecule has 0 aromatic carbocycles. The molecule has 0 aromatic heterocycles. The highest BCUT2D eigenvalue weighted by Gasteiger charge is 2.20. The van der Waals surface area contributed by atoms with Crippen molar-refractivity contribution in [1.29, 1.82) is 0 Å². The van der Waals surface area contributed by atoms with Crippen LogP contribution in [0.1, 0.15) is 39.5 Å². The third-order valence-corrected chi connectivity index (χ3v) is 4.64. The Morgan fingerprint density at radius 1 is 1.37 bits per heavy atom. The summed E-state index contributed by atoms with van der Waals surface area (Å²) < 4.78 is 5.83. The lowest BCUT2D eigenvalue weighted by Crippen LogP contribution is -2.35. The average molecular weight is 289 g/mol. The van der Waals surface area contributed by atoms with E-state index in [4.69, 9.17) is 4.74 Å². The maximum absolute atomic E-state index is 9.90. The van der Waals surface area contributed by atoms with Gasteiger partial charge in [-0.25, -0.2) is 0 Å². The number of aliphatic hydroxyl groups excluding tert-OH is 1. The smallest absolute Gasteiger partial charge is 0.0897 e. The summed E-state index contributed by atoms with van der Waals surface area (Å²) in [6, 6.07) is 0. The van der Waals surface area contributed by atoms with Gasteiger partial charge in [-0.2, -0.15) is 11.8 Å². The zero-order valence-electron chi connectivity index (χ0n) is 12.7. The van der Waals surface area contributed by atoms with Crippen LogP contribution in [0, 0.1) is 11.8 Å². The fourth-order valence-corrected chi connectivity index (χ4v) is 3.36. The minimum absolute atomic E-state index is 0.369. The standard InChI is InChI=1S/C15H31NO2S/c1-12-5-4-6-15(7-12)18-10-14(17)9-16-8-13(2)11-19-3/h12-17H,4-11H2,1-3H3. The lowest BCUT2D eigenvalue weighted by Gasteiger charge is -2.27. The minimum Gasteiger partial charge on any atom is -0.389 e. The van der Waals surface area contributed by atoms with E-state index in [0.29, 0.717) is 25.2 Å². The molecule has 3 nitrogen and oxygen atoms in total. The molecular weight excluding hydrogens is 258 g/mol. The van der Waals surface area contributed by atoms with E-state index in [1.165, 1.54) is 18.6 Å². The maximum Gasteiger partial charge on any atom is 0.0897 e. The van der Waals surface area contributed by atoms with Crippen LogP contribution in [0.5, 0.6) is 0 Å². The minimum atomic E-state index is -0.376. The second kappa shape index (κ2) is 10.0. The molecular formula is C15H31NO2S. The van der Waals surface area contributed by atoms with Crippen LogP contribution >= 0.6 is 11.8 Å². The van der Waals surface area contributed by atoms with Gasteiger partial charge in [0.2, 0.25) is 0 Å². The Morgan fingerprint density at radius 2 is 2.16 bits per heavy atom. The number of nitrogens with one attached hydrogen (secondary N) is 1. The van der Waals surface area contributed by atoms with Gasteiger partial charge in [0.15, 0.2) is 0 Å². The number of aliphatic hydroxyl groups is 1. The molecule has 1 aliphatic carbocycles. The van der Waals surface area contributed by atoms with E-state index in [9.17, 15) is 5.11 Å². The molecule has 0 amide bonds. The zero-order valence-corrected chi connectivity index (χ0v) is 13.5. The van der Waals surface area contributed by atoms with Crippen LogP contribution < -0.4 is 5.32 Å². The van der Waals surface area contributed by atoms with Gasteiger partial charge in [0.1, 0.15) is 0 Å². The summed E-state index contributed by atoms with van der Waals surface area (Å²) in [5, 5.41) is 13.2. The Kier molecular flexibility index (Phi) is 9.12. The summed E-state index contributed by atoms with van der Waals surface area (Å²) in [5.74, 6) is 2.60. The van der Waals surface area contributed by atoms with Crippen molar-refractivity contribution < 1.29 is 9.84 Å². The largest absolute Gasteiger partial charge is 0.389 e. The van der Waals surface area contributed by atoms with Crippen LogP contribution in [0.15, 0.2) is 0 Å². The van der Waals surface area contributed by atoms with Crippen LogP contribution in [0.25, 0.3) is 0 Å². The van der Waals surface area contributed by atoms with Crippen LogP contribution in [-0.4, -0.2) is 49.0 Å². The molecule has 1 aliphatic rings. The molecule has 2 N–H and O–H groups in total. The monoisotopic (exact) mass is 289 g/mol. The quantitative estimate of drug-likeness (QED) is 0.684. The Hall–Kier alpha value is 0.230. The first-order valence-corrected chi connectivity index (χ1v) is 9.00. The van der Waals surface area contributed by atoms with E-state index < -0.39 is 0 Å². The molecule has 1 rings (SSSR count). The predicted octanol–water partition coefficient (Wildman–Crippen LogP) is 2.53. The van der Waals surface area contributed by atoms with Crippen molar-refractivity contribution in [3.8, 4) is 0 Å². The summed E-state index contributed by atoms with van der Waals surface area (Å²) in [7, 11) is 0. The van der Waals surface area contributed by atoms with Gasteiger partial charge in [0, 0.05) is 6.54 Å². The highest BCUT2D eigenvalue weighted by Crippen LogP contribution is 2.25. The van der Waals surface area contributed by atoms with Crippen LogP contribution in [0.3, 0.4) is 0 Å². The molecule has 4 unspecified atom stereocenters. The van der Waals surface area contributed by atoms with Gasteiger partial charge in [-0.3, -0.25) is 0 Å². The second-order valence-corrected chi connectivity index (χ2v) is 7.01. The number of hydrogen-bond acceptors (Lipinski definition) is 4. The van der Waals surface area contributed by atoms with Crippen LogP contribution in [-0.2, 0) is 4.74 Å². The highest BCUT2D eigenvalue weighted by atomic mass is 32.2. The number of hydrogen-bond donors (Lipinski definition) is 2. The molecule has 1 saturated carbocycles. The Labute approximate surface area is 122 Å². The van der Waals surface area contributed by atoms with Gasteiger partial charge < -0.3 is 15.2 Å². The average Bonchev–Trinajstić information content (AvgIpc) is 2.37. The summed E-state index contributed by atoms with van der Waals surface area (Å²) >= 11 is 1.87. The zero-order chi connectivity index (χ0) is 14.1. The summed E-state index contributed by atoms with van der Waals surface area (Å²) in [4.78, 5) is 0. The predicted molar refractivity (Wildman–Crippen MR) is 83.8 cm³/mol. The lowest BCUT2D eigenvalue weighted by atomic mass is 9.89. The Morgan fingerprint density at radius 3 is 2.84 bits per heavy atom. The van der Waals surface area contributed by atoms with E-state index >= 15 is 0 Å². The lowest BCUT2D eigenvalue weighted by molar-refractivity contribution is -0.0306. The van der Waals surface area contributed by atoms with Crippen molar-refractivity contribution in [2.45, 2.75) is 51.7 Å². The topological polar surface area (TPSA) is 41.5 Å². The summed E-state index contributed by atoms with van der Waals surface area (Å²) in [6.45, 7) is 6.61. The van der Waals surface area contributed by atoms with Crippen molar-refractivity contribution in [1.82, 2.24) is 5.32 Å². The molecule has 114 valence electrons. The molecule has 1 fully saturated rings. The van der Waals surface area contributed by atoms with Crippen molar-refractivity contribution >= 4 is 11.8 Å². The van der Waals surface area contributed by atoms with E-state index in [-0.39, 0.29) is 6.10 Å². The molecule has 0 aromatic rings. The summed E-state index contributed by atoms with van der Waals surface area (Å²) in [6.07, 6.45) is 7.04. The molecule has 0 heterocycles. The van der Waals surface area contributed by atoms with Gasteiger partial charge in [-0.05, 0) is 43.2 Å². The SMILES string of the molecule is CSCC(C)CNCC(O)COC1CCCC(C)C1. The van der Waals surface area contributed by atoms with Crippen molar-refractivity contribution in [2.75, 3.05) is 31.7 Å². The Bertz CT molecular complexity index is 228. The van der Waals surface area contributed by atoms with Crippen molar-refractivity contribution in [2.24, 2.45) is 11.8 Å². The van der Waals surface area contributed by atoms with Crippen molar-refractivity contribution in [3.05, 3.63) is 0 Å². The third kappa shape index (κ3) is 8.18. The molecule has 4 atom stereocenters. The van der Waals surface area contributed by atoms with Crippen molar-refractivity contribution in [3.63, 3.8) is 0 Å². The molecule has 0 saturated heterocycles. The first-order chi connectivity index (χ1) is 9.11. The van der Waals surface area contributed by atoms with Gasteiger partial charge in [-0.15, -0.1) is 0 Å². The Balaban J connectivity index is 2.02. The first kappa shape index (κ1) is 17.3. The first-order valence-electron chi connectivity index (χ1n) is 7.61. The van der Waals surface area contributed by atoms with E-state index in [0.717, 1.165) is 25.3 Å². The van der Waals surface area contributed by atoms with Gasteiger partial charge in [-0.1, -0.05) is 26.7 Å². The highest BCUT2D eigenvalue weighted by molar-refractivity contribution is 7.98. The fourth-order valence-electron chi connectivity index (χ4n) is 2.68. The number of rotatable bonds is 9. The third-order valence-electron chi connectivity index (χ3n) is 3.74. The second-order valence-electron chi connectivity index (χ2n) is 6.10. The summed E-state index contributed by atoms with van der Waals surface area (Å²) in [5.41, 5.74) is 0. The van der Waals surface area contributed by atoms with Gasteiger partial charge >= 0.3 is 0 Å². The van der Waals surface area contributed by atoms with E-state index in [1.807, 2.05) is 11.8 Å². The molecule has 0 spiro atoms. The maximum atomic E-state index is 9.90. The van der Waals surface area contributed by atoms with E-state index in [1.54, 1.807) is 0 Å². The normalized spacial score (nSPS) is 27.2. The number of ether oxygens (including phenoxy) is 1. The number of thioether (sulfide) groups is 1. The van der Waals surface area contributed by atoms with E-state index in [2.05, 4.69) is 25.4 Å². The van der Waals surface area contributed by atoms with Gasteiger partial charge in [0.25, 0.3) is 0 Å². The fraction of sp³-hybridized carbons (Fsp3) is 1.00. The molecule has 0 aliphatic heterocycles.